The maximum Gasteiger partial charge on any atom is 0.274 e. The van der Waals surface area contributed by atoms with Crippen molar-refractivity contribution >= 4 is 46.4 Å². The molecule has 1 heterocycles. The molecule has 3 rings (SSSR count). The Bertz CT molecular complexity index is 1020. The van der Waals surface area contributed by atoms with Crippen LogP contribution in [0.3, 0.4) is 0 Å². The van der Waals surface area contributed by atoms with Gasteiger partial charge in [0.05, 0.1) is 0 Å². The van der Waals surface area contributed by atoms with E-state index in [0.717, 1.165) is 5.69 Å². The number of benzene rings is 2. The molecule has 3 aromatic rings. The van der Waals surface area contributed by atoms with Gasteiger partial charge in [-0.25, -0.2) is 9.97 Å². The molecular formula is C20H18ClN5O2. The van der Waals surface area contributed by atoms with Crippen LogP contribution >= 0.6 is 11.6 Å². The number of aromatic nitrogens is 2. The van der Waals surface area contributed by atoms with Crippen LogP contribution in [-0.2, 0) is 4.79 Å². The molecule has 0 atom stereocenters. The van der Waals surface area contributed by atoms with Gasteiger partial charge in [0.1, 0.15) is 5.69 Å². The van der Waals surface area contributed by atoms with Crippen molar-refractivity contribution in [2.45, 2.75) is 13.8 Å². The topological polar surface area (TPSA) is 96.0 Å². The molecule has 28 heavy (non-hydrogen) atoms. The van der Waals surface area contributed by atoms with E-state index in [2.05, 4.69) is 25.9 Å². The second-order valence-electron chi connectivity index (χ2n) is 6.07. The van der Waals surface area contributed by atoms with Gasteiger partial charge in [0, 0.05) is 34.7 Å². The smallest absolute Gasteiger partial charge is 0.274 e. The van der Waals surface area contributed by atoms with Crippen LogP contribution in [0.1, 0.15) is 23.1 Å². The molecule has 0 saturated carbocycles. The lowest BCUT2D eigenvalue weighted by molar-refractivity contribution is -0.114. The van der Waals surface area contributed by atoms with Crippen LogP contribution in [0.2, 0.25) is 5.02 Å². The highest BCUT2D eigenvalue weighted by Crippen LogP contribution is 2.19. The summed E-state index contributed by atoms with van der Waals surface area (Å²) in [6.07, 6.45) is 0. The van der Waals surface area contributed by atoms with E-state index >= 15 is 0 Å². The molecule has 0 spiro atoms. The fourth-order valence-corrected chi connectivity index (χ4v) is 2.60. The number of amides is 2. The van der Waals surface area contributed by atoms with Crippen LogP contribution < -0.4 is 16.0 Å². The number of nitrogens with zero attached hydrogens (tertiary/aromatic N) is 2. The van der Waals surface area contributed by atoms with E-state index in [9.17, 15) is 9.59 Å². The van der Waals surface area contributed by atoms with Crippen LogP contribution in [0.5, 0.6) is 0 Å². The first-order chi connectivity index (χ1) is 13.4. The minimum absolute atomic E-state index is 0.187. The van der Waals surface area contributed by atoms with E-state index in [1.54, 1.807) is 61.5 Å². The van der Waals surface area contributed by atoms with Gasteiger partial charge in [-0.1, -0.05) is 17.7 Å². The fourth-order valence-electron chi connectivity index (χ4n) is 2.48. The maximum atomic E-state index is 12.6. The molecule has 3 N–H and O–H groups in total. The molecule has 0 radical (unpaired) electrons. The third-order valence-electron chi connectivity index (χ3n) is 3.63. The summed E-state index contributed by atoms with van der Waals surface area (Å²) >= 11 is 5.89. The van der Waals surface area contributed by atoms with Gasteiger partial charge in [0.2, 0.25) is 11.9 Å². The summed E-state index contributed by atoms with van der Waals surface area (Å²) in [4.78, 5) is 32.4. The van der Waals surface area contributed by atoms with Crippen molar-refractivity contribution < 1.29 is 9.59 Å². The molecule has 0 aliphatic carbocycles. The molecule has 142 valence electrons. The summed E-state index contributed by atoms with van der Waals surface area (Å²) < 4.78 is 0. The Hall–Kier alpha value is -3.45. The van der Waals surface area contributed by atoms with Crippen LogP contribution in [0, 0.1) is 6.92 Å². The largest absolute Gasteiger partial charge is 0.326 e. The standard InChI is InChI=1S/C20H18ClN5O2/c1-12-10-18(26-20(22-12)25-15-8-6-14(21)7-9-15)19(28)24-17-5-3-4-16(11-17)23-13(2)27/h3-11H,1-2H3,(H,23,27)(H,24,28)(H,22,25,26). The Morgan fingerprint density at radius 2 is 1.57 bits per heavy atom. The van der Waals surface area contributed by atoms with Gasteiger partial charge >= 0.3 is 0 Å². The van der Waals surface area contributed by atoms with Crippen molar-refractivity contribution in [3.05, 3.63) is 71.0 Å². The summed E-state index contributed by atoms with van der Waals surface area (Å²) in [6.45, 7) is 3.20. The normalized spacial score (nSPS) is 10.2. The predicted octanol–water partition coefficient (Wildman–Crippen LogP) is 4.39. The van der Waals surface area contributed by atoms with E-state index in [4.69, 9.17) is 11.6 Å². The van der Waals surface area contributed by atoms with Crippen molar-refractivity contribution in [1.82, 2.24) is 9.97 Å². The minimum atomic E-state index is -0.385. The predicted molar refractivity (Wildman–Crippen MR) is 110 cm³/mol. The Kier molecular flexibility index (Phi) is 5.86. The Balaban J connectivity index is 1.77. The van der Waals surface area contributed by atoms with E-state index in [1.165, 1.54) is 6.92 Å². The average Bonchev–Trinajstić information content (AvgIpc) is 2.63. The minimum Gasteiger partial charge on any atom is -0.326 e. The maximum absolute atomic E-state index is 12.6. The zero-order chi connectivity index (χ0) is 20.1. The number of halogens is 1. The number of hydrogen-bond acceptors (Lipinski definition) is 5. The first kappa shape index (κ1) is 19.3. The molecule has 2 amide bonds. The zero-order valence-electron chi connectivity index (χ0n) is 15.3. The summed E-state index contributed by atoms with van der Waals surface area (Å²) in [7, 11) is 0. The Morgan fingerprint density at radius 1 is 0.893 bits per heavy atom. The van der Waals surface area contributed by atoms with Gasteiger partial charge in [0.25, 0.3) is 5.91 Å². The highest BCUT2D eigenvalue weighted by molar-refractivity contribution is 6.30. The number of rotatable bonds is 5. The van der Waals surface area contributed by atoms with E-state index in [0.29, 0.717) is 28.0 Å². The molecule has 0 saturated heterocycles. The molecule has 1 aromatic heterocycles. The van der Waals surface area contributed by atoms with Crippen molar-refractivity contribution in [3.8, 4) is 0 Å². The molecule has 0 fully saturated rings. The lowest BCUT2D eigenvalue weighted by atomic mass is 10.2. The molecule has 0 aliphatic rings. The van der Waals surface area contributed by atoms with Crippen LogP contribution in [-0.4, -0.2) is 21.8 Å². The quantitative estimate of drug-likeness (QED) is 0.595. The molecule has 2 aromatic carbocycles. The Morgan fingerprint density at radius 3 is 2.25 bits per heavy atom. The van der Waals surface area contributed by atoms with Gasteiger partial charge in [-0.2, -0.15) is 0 Å². The first-order valence-electron chi connectivity index (χ1n) is 8.46. The molecule has 7 nitrogen and oxygen atoms in total. The van der Waals surface area contributed by atoms with Gasteiger partial charge in [-0.15, -0.1) is 0 Å². The number of carbonyl (C=O) groups is 2. The molecule has 0 bridgehead atoms. The number of hydrogen-bond donors (Lipinski definition) is 3. The third-order valence-corrected chi connectivity index (χ3v) is 3.88. The van der Waals surface area contributed by atoms with E-state index in [-0.39, 0.29) is 17.5 Å². The number of anilines is 4. The highest BCUT2D eigenvalue weighted by Gasteiger charge is 2.12. The van der Waals surface area contributed by atoms with Crippen LogP contribution in [0.25, 0.3) is 0 Å². The van der Waals surface area contributed by atoms with Crippen LogP contribution in [0.15, 0.2) is 54.6 Å². The van der Waals surface area contributed by atoms with Gasteiger partial charge in [-0.3, -0.25) is 9.59 Å². The van der Waals surface area contributed by atoms with Crippen molar-refractivity contribution in [2.24, 2.45) is 0 Å². The van der Waals surface area contributed by atoms with Crippen molar-refractivity contribution in [2.75, 3.05) is 16.0 Å². The Labute approximate surface area is 167 Å². The number of nitrogens with one attached hydrogen (secondary N) is 3. The zero-order valence-corrected chi connectivity index (χ0v) is 16.0. The summed E-state index contributed by atoms with van der Waals surface area (Å²) in [6, 6.07) is 15.5. The number of aryl methyl sites for hydroxylation is 1. The van der Waals surface area contributed by atoms with E-state index < -0.39 is 0 Å². The van der Waals surface area contributed by atoms with Gasteiger partial charge < -0.3 is 16.0 Å². The SMILES string of the molecule is CC(=O)Nc1cccc(NC(=O)c2cc(C)nc(Nc3ccc(Cl)cc3)n2)c1. The van der Waals surface area contributed by atoms with Gasteiger partial charge in [0.15, 0.2) is 0 Å². The molecule has 8 heteroatoms. The second kappa shape index (κ2) is 8.49. The summed E-state index contributed by atoms with van der Waals surface area (Å²) in [5.74, 6) is -0.267. The molecular weight excluding hydrogens is 378 g/mol. The fraction of sp³-hybridized carbons (Fsp3) is 0.100. The van der Waals surface area contributed by atoms with Crippen molar-refractivity contribution in [1.29, 1.82) is 0 Å². The molecule has 0 aliphatic heterocycles. The average molecular weight is 396 g/mol. The van der Waals surface area contributed by atoms with Gasteiger partial charge in [-0.05, 0) is 55.5 Å². The lowest BCUT2D eigenvalue weighted by Crippen LogP contribution is -2.16. The number of carbonyl (C=O) groups excluding carboxylic acids is 2. The molecule has 0 unspecified atom stereocenters. The second-order valence-corrected chi connectivity index (χ2v) is 6.50. The summed E-state index contributed by atoms with van der Waals surface area (Å²) in [5, 5.41) is 9.12. The lowest BCUT2D eigenvalue weighted by Gasteiger charge is -2.10. The summed E-state index contributed by atoms with van der Waals surface area (Å²) in [5.41, 5.74) is 2.75. The van der Waals surface area contributed by atoms with E-state index in [1.807, 2.05) is 0 Å². The third kappa shape index (κ3) is 5.28. The first-order valence-corrected chi connectivity index (χ1v) is 8.84. The monoisotopic (exact) mass is 395 g/mol. The van der Waals surface area contributed by atoms with Crippen LogP contribution in [0.4, 0.5) is 23.0 Å². The van der Waals surface area contributed by atoms with Crippen molar-refractivity contribution in [3.63, 3.8) is 0 Å². The highest BCUT2D eigenvalue weighted by atomic mass is 35.5.